The maximum absolute atomic E-state index is 5.79. The fourth-order valence-corrected chi connectivity index (χ4v) is 1.93. The van der Waals surface area contributed by atoms with E-state index < -0.39 is 0 Å². The first-order chi connectivity index (χ1) is 8.52. The molecule has 1 fully saturated rings. The molecule has 3 nitrogen and oxygen atoms in total. The largest absolute Gasteiger partial charge is 0.493 e. The Kier molecular flexibility index (Phi) is 2.58. The molecular weight excluding hydrogens is 224 g/mol. The lowest BCUT2D eigenvalue weighted by atomic mass is 9.96. The average molecular weight is 244 g/mol. The van der Waals surface area contributed by atoms with E-state index in [2.05, 4.69) is 36.8 Å². The first kappa shape index (κ1) is 11.6. The lowest BCUT2D eigenvalue weighted by Crippen LogP contribution is -2.12. The van der Waals surface area contributed by atoms with Crippen LogP contribution in [0.3, 0.4) is 0 Å². The van der Waals surface area contributed by atoms with Crippen LogP contribution < -0.4 is 4.74 Å². The van der Waals surface area contributed by atoms with E-state index in [1.165, 1.54) is 12.8 Å². The minimum absolute atomic E-state index is 0.0497. The minimum Gasteiger partial charge on any atom is -0.493 e. The number of aromatic amines is 1. The summed E-state index contributed by atoms with van der Waals surface area (Å²) < 4.78 is 5.79. The first-order valence-corrected chi connectivity index (χ1v) is 6.65. The summed E-state index contributed by atoms with van der Waals surface area (Å²) in [6, 6.07) is 6.10. The van der Waals surface area contributed by atoms with Gasteiger partial charge in [-0.05, 0) is 30.9 Å². The molecule has 1 aliphatic rings. The molecule has 0 unspecified atom stereocenters. The third-order valence-corrected chi connectivity index (χ3v) is 3.35. The van der Waals surface area contributed by atoms with Crippen molar-refractivity contribution in [3.63, 3.8) is 0 Å². The smallest absolute Gasteiger partial charge is 0.121 e. The van der Waals surface area contributed by atoms with E-state index >= 15 is 0 Å². The molecule has 0 spiro atoms. The van der Waals surface area contributed by atoms with Gasteiger partial charge in [-0.2, -0.15) is 0 Å². The van der Waals surface area contributed by atoms with E-state index in [9.17, 15) is 0 Å². The standard InChI is InChI=1S/C15H20N2O/c1-15(2,3)14-16-12-7-6-11(8-13(12)17-14)18-9-10-4-5-10/h6-8,10H,4-5,9H2,1-3H3,(H,16,17). The summed E-state index contributed by atoms with van der Waals surface area (Å²) in [7, 11) is 0. The second kappa shape index (κ2) is 4.01. The number of nitrogens with one attached hydrogen (secondary N) is 1. The van der Waals surface area contributed by atoms with Crippen LogP contribution in [0.1, 0.15) is 39.4 Å². The topological polar surface area (TPSA) is 37.9 Å². The van der Waals surface area contributed by atoms with E-state index in [-0.39, 0.29) is 5.41 Å². The molecule has 1 aliphatic carbocycles. The van der Waals surface area contributed by atoms with Crippen molar-refractivity contribution in [2.45, 2.75) is 39.0 Å². The van der Waals surface area contributed by atoms with E-state index in [1.54, 1.807) is 0 Å². The van der Waals surface area contributed by atoms with Gasteiger partial charge in [0.15, 0.2) is 0 Å². The highest BCUT2D eigenvalue weighted by atomic mass is 16.5. The van der Waals surface area contributed by atoms with E-state index in [4.69, 9.17) is 4.74 Å². The summed E-state index contributed by atoms with van der Waals surface area (Å²) in [6.07, 6.45) is 2.64. The highest BCUT2D eigenvalue weighted by Gasteiger charge is 2.22. The molecule has 0 saturated heterocycles. The van der Waals surface area contributed by atoms with Crippen molar-refractivity contribution < 1.29 is 4.74 Å². The van der Waals surface area contributed by atoms with Crippen LogP contribution in [0, 0.1) is 5.92 Å². The molecule has 0 atom stereocenters. The Balaban J connectivity index is 1.86. The summed E-state index contributed by atoms with van der Waals surface area (Å²) in [5.74, 6) is 2.75. The number of fused-ring (bicyclic) bond motifs is 1. The highest BCUT2D eigenvalue weighted by Crippen LogP contribution is 2.30. The van der Waals surface area contributed by atoms with Crippen LogP contribution in [0.25, 0.3) is 11.0 Å². The molecule has 18 heavy (non-hydrogen) atoms. The molecule has 3 rings (SSSR count). The Bertz CT molecular complexity index is 561. The Morgan fingerprint density at radius 3 is 2.78 bits per heavy atom. The number of imidazole rings is 1. The predicted molar refractivity (Wildman–Crippen MR) is 73.0 cm³/mol. The molecule has 1 aromatic carbocycles. The van der Waals surface area contributed by atoms with Crippen LogP contribution in [0.5, 0.6) is 5.75 Å². The van der Waals surface area contributed by atoms with Gasteiger partial charge in [0.25, 0.3) is 0 Å². The number of benzene rings is 1. The number of hydrogen-bond donors (Lipinski definition) is 1. The third-order valence-electron chi connectivity index (χ3n) is 3.35. The van der Waals surface area contributed by atoms with Crippen molar-refractivity contribution in [1.29, 1.82) is 0 Å². The van der Waals surface area contributed by atoms with Crippen molar-refractivity contribution in [3.05, 3.63) is 24.0 Å². The van der Waals surface area contributed by atoms with Crippen molar-refractivity contribution >= 4 is 11.0 Å². The van der Waals surface area contributed by atoms with Crippen LogP contribution in [0.15, 0.2) is 18.2 Å². The Morgan fingerprint density at radius 1 is 1.33 bits per heavy atom. The van der Waals surface area contributed by atoms with Gasteiger partial charge in [0.05, 0.1) is 17.6 Å². The molecule has 3 heteroatoms. The van der Waals surface area contributed by atoms with E-state index in [1.807, 2.05) is 12.1 Å². The quantitative estimate of drug-likeness (QED) is 0.895. The second-order valence-corrected chi connectivity index (χ2v) is 6.27. The van der Waals surface area contributed by atoms with Crippen LogP contribution in [0.2, 0.25) is 0 Å². The second-order valence-electron chi connectivity index (χ2n) is 6.27. The molecule has 0 aliphatic heterocycles. The average Bonchev–Trinajstić information content (AvgIpc) is 3.02. The molecule has 2 aromatic rings. The van der Waals surface area contributed by atoms with Gasteiger partial charge in [0, 0.05) is 11.5 Å². The molecule has 96 valence electrons. The van der Waals surface area contributed by atoms with Gasteiger partial charge >= 0.3 is 0 Å². The summed E-state index contributed by atoms with van der Waals surface area (Å²) in [5, 5.41) is 0. The van der Waals surface area contributed by atoms with Gasteiger partial charge in [0.2, 0.25) is 0 Å². The van der Waals surface area contributed by atoms with Gasteiger partial charge in [0.1, 0.15) is 11.6 Å². The molecule has 1 aromatic heterocycles. The van der Waals surface area contributed by atoms with Crippen molar-refractivity contribution in [2.24, 2.45) is 5.92 Å². The monoisotopic (exact) mass is 244 g/mol. The van der Waals surface area contributed by atoms with Crippen molar-refractivity contribution in [1.82, 2.24) is 9.97 Å². The predicted octanol–water partition coefficient (Wildman–Crippen LogP) is 3.65. The normalized spacial score (nSPS) is 16.2. The fourth-order valence-electron chi connectivity index (χ4n) is 1.93. The van der Waals surface area contributed by atoms with E-state index in [0.29, 0.717) is 0 Å². The van der Waals surface area contributed by atoms with Gasteiger partial charge in [-0.3, -0.25) is 0 Å². The van der Waals surface area contributed by atoms with E-state index in [0.717, 1.165) is 35.1 Å². The molecule has 1 N–H and O–H groups in total. The fraction of sp³-hybridized carbons (Fsp3) is 0.533. The summed E-state index contributed by atoms with van der Waals surface area (Å²) in [4.78, 5) is 8.01. The Hall–Kier alpha value is -1.51. The number of aromatic nitrogens is 2. The molecule has 0 radical (unpaired) electrons. The third kappa shape index (κ3) is 2.35. The number of nitrogens with zero attached hydrogens (tertiary/aromatic N) is 1. The number of H-pyrrole nitrogens is 1. The highest BCUT2D eigenvalue weighted by molar-refractivity contribution is 5.77. The summed E-state index contributed by atoms with van der Waals surface area (Å²) in [5.41, 5.74) is 2.13. The zero-order chi connectivity index (χ0) is 12.8. The molecule has 0 amide bonds. The summed E-state index contributed by atoms with van der Waals surface area (Å²) in [6.45, 7) is 7.34. The van der Waals surface area contributed by atoms with Gasteiger partial charge in [-0.25, -0.2) is 4.98 Å². The Morgan fingerprint density at radius 2 is 2.11 bits per heavy atom. The van der Waals surface area contributed by atoms with Crippen LogP contribution in [-0.2, 0) is 5.41 Å². The van der Waals surface area contributed by atoms with Crippen molar-refractivity contribution in [2.75, 3.05) is 6.61 Å². The lowest BCUT2D eigenvalue weighted by Gasteiger charge is -2.13. The zero-order valence-corrected chi connectivity index (χ0v) is 11.3. The lowest BCUT2D eigenvalue weighted by molar-refractivity contribution is 0.300. The van der Waals surface area contributed by atoms with Crippen LogP contribution >= 0.6 is 0 Å². The molecular formula is C15H20N2O. The first-order valence-electron chi connectivity index (χ1n) is 6.65. The number of ether oxygens (including phenoxy) is 1. The maximum Gasteiger partial charge on any atom is 0.121 e. The minimum atomic E-state index is 0.0497. The maximum atomic E-state index is 5.79. The van der Waals surface area contributed by atoms with Gasteiger partial charge in [-0.1, -0.05) is 20.8 Å². The number of rotatable bonds is 3. The SMILES string of the molecule is CC(C)(C)c1nc2ccc(OCC3CC3)cc2[nH]1. The summed E-state index contributed by atoms with van der Waals surface area (Å²) >= 11 is 0. The molecule has 1 heterocycles. The van der Waals surface area contributed by atoms with Gasteiger partial charge < -0.3 is 9.72 Å². The Labute approximate surface area is 108 Å². The zero-order valence-electron chi connectivity index (χ0n) is 11.3. The van der Waals surface area contributed by atoms with Gasteiger partial charge in [-0.15, -0.1) is 0 Å². The van der Waals surface area contributed by atoms with Crippen LogP contribution in [-0.4, -0.2) is 16.6 Å². The van der Waals surface area contributed by atoms with Crippen molar-refractivity contribution in [3.8, 4) is 5.75 Å². The number of hydrogen-bond acceptors (Lipinski definition) is 2. The molecule has 0 bridgehead atoms. The van der Waals surface area contributed by atoms with Crippen LogP contribution in [0.4, 0.5) is 0 Å². The molecule has 1 saturated carbocycles.